The molecule has 2 aromatic rings. The normalized spacial score (nSPS) is 11.5. The predicted molar refractivity (Wildman–Crippen MR) is 90.9 cm³/mol. The Kier molecular flexibility index (Phi) is 6.64. The van der Waals surface area contributed by atoms with E-state index in [-0.39, 0.29) is 13.2 Å². The van der Waals surface area contributed by atoms with Crippen LogP contribution in [0.5, 0.6) is 0 Å². The van der Waals surface area contributed by atoms with Gasteiger partial charge >= 0.3 is 0 Å². The van der Waals surface area contributed by atoms with Crippen molar-refractivity contribution in [1.29, 1.82) is 0 Å². The Morgan fingerprint density at radius 1 is 0.667 bits per heavy atom. The van der Waals surface area contributed by atoms with Crippen LogP contribution in [-0.2, 0) is 0 Å². The van der Waals surface area contributed by atoms with Gasteiger partial charge in [-0.1, -0.05) is 36.4 Å². The van der Waals surface area contributed by atoms with Crippen molar-refractivity contribution in [3.05, 3.63) is 60.7 Å². The molecule has 2 N–H and O–H groups in total. The Balaban J connectivity index is 1.95. The smallest absolute Gasteiger partial charge is 0.0525 e. The van der Waals surface area contributed by atoms with Gasteiger partial charge in [0.05, 0.1) is 13.2 Å². The van der Waals surface area contributed by atoms with Crippen molar-refractivity contribution in [2.45, 2.75) is 9.79 Å². The molecule has 0 aliphatic heterocycles. The first kappa shape index (κ1) is 16.4. The number of aliphatic hydroxyl groups excluding tert-OH is 2. The third-order valence-corrected chi connectivity index (χ3v) is 5.97. The van der Waals surface area contributed by atoms with E-state index in [1.807, 2.05) is 36.4 Å². The monoisotopic (exact) mass is 320 g/mol. The average Bonchev–Trinajstić information content (AvgIpc) is 2.58. The quantitative estimate of drug-likeness (QED) is 0.730. The molecular weight excluding hydrogens is 300 g/mol. The molecule has 0 bridgehead atoms. The lowest BCUT2D eigenvalue weighted by molar-refractivity contribution is 0.0933. The van der Waals surface area contributed by atoms with Crippen molar-refractivity contribution in [3.8, 4) is 0 Å². The molecule has 112 valence electrons. The topological polar surface area (TPSA) is 40.5 Å². The fraction of sp³-hybridized carbons (Fsp3) is 0.294. The first-order chi connectivity index (χ1) is 10.3. The second kappa shape index (κ2) is 8.49. The van der Waals surface area contributed by atoms with Gasteiger partial charge in [0.15, 0.2) is 0 Å². The van der Waals surface area contributed by atoms with E-state index in [2.05, 4.69) is 24.3 Å². The number of benzene rings is 2. The van der Waals surface area contributed by atoms with Crippen LogP contribution in [0, 0.1) is 5.41 Å². The number of rotatable bonds is 8. The molecule has 2 aromatic carbocycles. The van der Waals surface area contributed by atoms with E-state index in [1.165, 1.54) is 0 Å². The number of thioether (sulfide) groups is 2. The molecule has 2 nitrogen and oxygen atoms in total. The van der Waals surface area contributed by atoms with Crippen molar-refractivity contribution in [2.75, 3.05) is 24.7 Å². The van der Waals surface area contributed by atoms with Gasteiger partial charge in [-0.2, -0.15) is 0 Å². The summed E-state index contributed by atoms with van der Waals surface area (Å²) in [6.45, 7) is -0.0215. The second-order valence-electron chi connectivity index (χ2n) is 5.02. The maximum atomic E-state index is 9.75. The van der Waals surface area contributed by atoms with Crippen LogP contribution in [-0.4, -0.2) is 34.9 Å². The van der Waals surface area contributed by atoms with Gasteiger partial charge in [-0.15, -0.1) is 23.5 Å². The van der Waals surface area contributed by atoms with E-state index in [1.54, 1.807) is 23.5 Å². The first-order valence-electron chi connectivity index (χ1n) is 6.85. The molecular formula is C17H20O2S2. The van der Waals surface area contributed by atoms with Gasteiger partial charge in [0.25, 0.3) is 0 Å². The SMILES string of the molecule is OCC(CO)(CSc1ccccc1)CSc1ccccc1. The molecule has 0 heterocycles. The highest BCUT2D eigenvalue weighted by Crippen LogP contribution is 2.33. The van der Waals surface area contributed by atoms with Gasteiger partial charge in [0, 0.05) is 26.7 Å². The standard InChI is InChI=1S/C17H20O2S2/c18-11-17(12-19,13-20-15-7-3-1-4-8-15)14-21-16-9-5-2-6-10-16/h1-10,18-19H,11-14H2. The van der Waals surface area contributed by atoms with Crippen molar-refractivity contribution in [3.63, 3.8) is 0 Å². The summed E-state index contributed by atoms with van der Waals surface area (Å²) in [7, 11) is 0. The number of aliphatic hydroxyl groups is 2. The summed E-state index contributed by atoms with van der Waals surface area (Å²) in [5.41, 5.74) is -0.471. The Hall–Kier alpha value is -0.940. The Morgan fingerprint density at radius 2 is 1.05 bits per heavy atom. The Labute approximate surface area is 134 Å². The summed E-state index contributed by atoms with van der Waals surface area (Å²) in [6, 6.07) is 20.2. The second-order valence-corrected chi connectivity index (χ2v) is 7.12. The van der Waals surface area contributed by atoms with Crippen LogP contribution in [0.3, 0.4) is 0 Å². The van der Waals surface area contributed by atoms with Crippen molar-refractivity contribution < 1.29 is 10.2 Å². The zero-order chi connectivity index (χ0) is 15.0. The largest absolute Gasteiger partial charge is 0.396 e. The van der Waals surface area contributed by atoms with Crippen molar-refractivity contribution in [1.82, 2.24) is 0 Å². The minimum Gasteiger partial charge on any atom is -0.396 e. The van der Waals surface area contributed by atoms with Crippen molar-refractivity contribution >= 4 is 23.5 Å². The molecule has 0 saturated carbocycles. The molecule has 0 saturated heterocycles. The summed E-state index contributed by atoms with van der Waals surface area (Å²) in [5.74, 6) is 1.40. The van der Waals surface area contributed by atoms with Crippen LogP contribution in [0.4, 0.5) is 0 Å². The number of hydrogen-bond donors (Lipinski definition) is 2. The summed E-state index contributed by atoms with van der Waals surface area (Å²) in [5, 5.41) is 19.5. The highest BCUT2D eigenvalue weighted by Gasteiger charge is 2.29. The molecule has 0 amide bonds. The minimum absolute atomic E-state index is 0.0107. The third kappa shape index (κ3) is 5.08. The van der Waals surface area contributed by atoms with E-state index >= 15 is 0 Å². The lowest BCUT2D eigenvalue weighted by Gasteiger charge is -2.29. The zero-order valence-electron chi connectivity index (χ0n) is 11.8. The fourth-order valence-electron chi connectivity index (χ4n) is 1.78. The molecule has 0 unspecified atom stereocenters. The van der Waals surface area contributed by atoms with E-state index in [4.69, 9.17) is 0 Å². The van der Waals surface area contributed by atoms with Gasteiger partial charge in [0.1, 0.15) is 0 Å². The van der Waals surface area contributed by atoms with Gasteiger partial charge in [-0.25, -0.2) is 0 Å². The third-order valence-electron chi connectivity index (χ3n) is 3.25. The van der Waals surface area contributed by atoms with Crippen LogP contribution in [0.2, 0.25) is 0 Å². The molecule has 0 spiro atoms. The Morgan fingerprint density at radius 3 is 1.38 bits per heavy atom. The summed E-state index contributed by atoms with van der Waals surface area (Å²) in [6.07, 6.45) is 0. The van der Waals surface area contributed by atoms with E-state index in [0.717, 1.165) is 9.79 Å². The van der Waals surface area contributed by atoms with Gasteiger partial charge < -0.3 is 10.2 Å². The molecule has 2 rings (SSSR count). The highest BCUT2D eigenvalue weighted by molar-refractivity contribution is 8.00. The lowest BCUT2D eigenvalue weighted by Crippen LogP contribution is -2.35. The molecule has 21 heavy (non-hydrogen) atoms. The Bertz CT molecular complexity index is 467. The lowest BCUT2D eigenvalue weighted by atomic mass is 9.96. The molecule has 0 radical (unpaired) electrons. The van der Waals surface area contributed by atoms with Crippen LogP contribution < -0.4 is 0 Å². The maximum absolute atomic E-state index is 9.75. The molecule has 0 aliphatic rings. The van der Waals surface area contributed by atoms with Gasteiger partial charge in [-0.05, 0) is 24.3 Å². The molecule has 0 fully saturated rings. The molecule has 0 aliphatic carbocycles. The van der Waals surface area contributed by atoms with Crippen LogP contribution in [0.25, 0.3) is 0 Å². The molecule has 0 atom stereocenters. The zero-order valence-corrected chi connectivity index (χ0v) is 13.4. The summed E-state index contributed by atoms with van der Waals surface area (Å²) >= 11 is 3.36. The van der Waals surface area contributed by atoms with Crippen molar-refractivity contribution in [2.24, 2.45) is 5.41 Å². The average molecular weight is 320 g/mol. The van der Waals surface area contributed by atoms with Gasteiger partial charge in [0.2, 0.25) is 0 Å². The van der Waals surface area contributed by atoms with Crippen LogP contribution >= 0.6 is 23.5 Å². The van der Waals surface area contributed by atoms with E-state index in [9.17, 15) is 10.2 Å². The number of hydrogen-bond acceptors (Lipinski definition) is 4. The summed E-state index contributed by atoms with van der Waals surface area (Å²) in [4.78, 5) is 2.32. The minimum atomic E-state index is -0.471. The fourth-order valence-corrected chi connectivity index (χ4v) is 4.12. The summed E-state index contributed by atoms with van der Waals surface area (Å²) < 4.78 is 0. The first-order valence-corrected chi connectivity index (χ1v) is 8.82. The van der Waals surface area contributed by atoms with Crippen LogP contribution in [0.15, 0.2) is 70.5 Å². The van der Waals surface area contributed by atoms with Gasteiger partial charge in [-0.3, -0.25) is 0 Å². The van der Waals surface area contributed by atoms with Crippen LogP contribution in [0.1, 0.15) is 0 Å². The molecule has 0 aromatic heterocycles. The predicted octanol–water partition coefficient (Wildman–Crippen LogP) is 3.54. The maximum Gasteiger partial charge on any atom is 0.0525 e. The van der Waals surface area contributed by atoms with E-state index < -0.39 is 5.41 Å². The molecule has 4 heteroatoms. The highest BCUT2D eigenvalue weighted by atomic mass is 32.2. The van der Waals surface area contributed by atoms with E-state index in [0.29, 0.717) is 11.5 Å².